The lowest BCUT2D eigenvalue weighted by Crippen LogP contribution is -2.41. The third kappa shape index (κ3) is 6.28. The second-order valence-corrected chi connectivity index (χ2v) is 13.4. The summed E-state index contributed by atoms with van der Waals surface area (Å²) >= 11 is 0. The molecule has 0 aromatic carbocycles. The summed E-state index contributed by atoms with van der Waals surface area (Å²) < 4.78 is 15.3. The Morgan fingerprint density at radius 2 is 1.40 bits per heavy atom. The van der Waals surface area contributed by atoms with Gasteiger partial charge in [-0.15, -0.1) is 0 Å². The van der Waals surface area contributed by atoms with E-state index in [4.69, 9.17) is 34.2 Å². The minimum Gasteiger partial charge on any atom is -0.481 e. The van der Waals surface area contributed by atoms with Crippen LogP contribution in [0.15, 0.2) is 136 Å². The van der Waals surface area contributed by atoms with Crippen LogP contribution in [0.25, 0.3) is 0 Å². The van der Waals surface area contributed by atoms with Crippen molar-refractivity contribution in [2.75, 3.05) is 21.3 Å². The van der Waals surface area contributed by atoms with E-state index < -0.39 is 29.2 Å². The van der Waals surface area contributed by atoms with E-state index >= 15 is 0 Å². The van der Waals surface area contributed by atoms with E-state index in [2.05, 4.69) is 6.58 Å². The lowest BCUT2D eigenvalue weighted by molar-refractivity contribution is -0.150. The first kappa shape index (κ1) is 36.7. The van der Waals surface area contributed by atoms with Crippen LogP contribution in [-0.2, 0) is 33.4 Å². The molecular weight excluding hydrogens is 676 g/mol. The van der Waals surface area contributed by atoms with Gasteiger partial charge in [-0.3, -0.25) is 19.4 Å². The summed E-state index contributed by atoms with van der Waals surface area (Å²) in [6, 6.07) is 0. The first-order chi connectivity index (χ1) is 25.3. The molecule has 6 aliphatic rings. The van der Waals surface area contributed by atoms with E-state index in [1.165, 1.54) is 21.3 Å². The molecule has 5 heterocycles. The predicted octanol–water partition coefficient (Wildman–Crippen LogP) is 6.14. The zero-order valence-electron chi connectivity index (χ0n) is 30.7. The molecule has 12 heteroatoms. The number of hydrogen-bond acceptors (Lipinski definition) is 11. The molecule has 0 spiro atoms. The van der Waals surface area contributed by atoms with Crippen molar-refractivity contribution in [1.29, 1.82) is 0 Å². The largest absolute Gasteiger partial charge is 0.481 e. The van der Waals surface area contributed by atoms with E-state index in [0.717, 1.165) is 33.4 Å². The van der Waals surface area contributed by atoms with Crippen molar-refractivity contribution in [1.82, 2.24) is 0 Å². The van der Waals surface area contributed by atoms with Gasteiger partial charge < -0.3 is 19.3 Å². The molecule has 5 aliphatic heterocycles. The van der Waals surface area contributed by atoms with Gasteiger partial charge >= 0.3 is 23.9 Å². The Labute approximate surface area is 307 Å². The number of carboxylic acids is 1. The zero-order valence-corrected chi connectivity index (χ0v) is 30.7. The third-order valence-corrected chi connectivity index (χ3v) is 10.6. The maximum absolute atomic E-state index is 13.7. The van der Waals surface area contributed by atoms with Crippen molar-refractivity contribution < 1.29 is 38.5 Å². The SMILES string of the molecule is C=CC1=C(C)C2=CC3=NC(=CC4=NC(=CC5=NC(=CC1=N2)C(C)=C5CCC(=O)O)C(CCC(=O)OC)=C4C)[C@@]1(C)C3=CC=C(C(=O)OC)[C@H]1C(=O)OC. The van der Waals surface area contributed by atoms with Crippen molar-refractivity contribution in [2.45, 2.75) is 53.4 Å². The summed E-state index contributed by atoms with van der Waals surface area (Å²) in [5.41, 5.74) is 8.81. The molecule has 0 unspecified atom stereocenters. The smallest absolute Gasteiger partial charge is 0.334 e. The molecule has 0 aromatic heterocycles. The van der Waals surface area contributed by atoms with Crippen molar-refractivity contribution in [3.8, 4) is 0 Å². The topological polar surface area (TPSA) is 166 Å². The van der Waals surface area contributed by atoms with Gasteiger partial charge in [0.1, 0.15) is 5.92 Å². The van der Waals surface area contributed by atoms with Crippen LogP contribution in [-0.4, -0.2) is 73.2 Å². The van der Waals surface area contributed by atoms with Gasteiger partial charge in [-0.05, 0) is 98.3 Å². The normalized spacial score (nSPS) is 23.0. The average molecular weight is 717 g/mol. The number of carboxylic acid groups (broad SMARTS) is 1. The maximum atomic E-state index is 13.7. The van der Waals surface area contributed by atoms with Crippen LogP contribution in [0.3, 0.4) is 0 Å². The van der Waals surface area contributed by atoms with Crippen molar-refractivity contribution in [2.24, 2.45) is 31.3 Å². The van der Waals surface area contributed by atoms with E-state index in [0.29, 0.717) is 57.6 Å². The zero-order chi connectivity index (χ0) is 38.4. The fourth-order valence-corrected chi connectivity index (χ4v) is 7.53. The summed E-state index contributed by atoms with van der Waals surface area (Å²) in [5, 5.41) is 9.60. The highest BCUT2D eigenvalue weighted by Gasteiger charge is 2.55. The number of esters is 3. The Morgan fingerprint density at radius 3 is 2.06 bits per heavy atom. The van der Waals surface area contributed by atoms with Crippen LogP contribution < -0.4 is 0 Å². The first-order valence-corrected chi connectivity index (χ1v) is 17.1. The van der Waals surface area contributed by atoms with E-state index in [1.807, 2.05) is 45.9 Å². The monoisotopic (exact) mass is 716 g/mol. The number of aliphatic imine (C=N–C) groups is 4. The maximum Gasteiger partial charge on any atom is 0.334 e. The number of fused-ring (bicyclic) bond motifs is 7. The summed E-state index contributed by atoms with van der Waals surface area (Å²) in [7, 11) is 3.86. The average Bonchev–Trinajstić information content (AvgIpc) is 3.79. The van der Waals surface area contributed by atoms with Gasteiger partial charge in [0.2, 0.25) is 0 Å². The molecule has 1 N–H and O–H groups in total. The van der Waals surface area contributed by atoms with Crippen LogP contribution in [0, 0.1) is 11.3 Å². The van der Waals surface area contributed by atoms with Crippen molar-refractivity contribution in [3.63, 3.8) is 0 Å². The van der Waals surface area contributed by atoms with Gasteiger partial charge in [0.15, 0.2) is 0 Å². The van der Waals surface area contributed by atoms with Gasteiger partial charge in [0.05, 0.1) is 78.0 Å². The van der Waals surface area contributed by atoms with Gasteiger partial charge in [-0.25, -0.2) is 19.8 Å². The van der Waals surface area contributed by atoms with Gasteiger partial charge in [0, 0.05) is 18.4 Å². The Bertz CT molecular complexity index is 2220. The van der Waals surface area contributed by atoms with Gasteiger partial charge in [0.25, 0.3) is 0 Å². The second-order valence-electron chi connectivity index (χ2n) is 13.4. The van der Waals surface area contributed by atoms with Crippen molar-refractivity contribution >= 4 is 46.7 Å². The molecule has 0 saturated carbocycles. The lowest BCUT2D eigenvalue weighted by atomic mass is 9.64. The molecule has 272 valence electrons. The summed E-state index contributed by atoms with van der Waals surface area (Å²) in [6.45, 7) is 11.6. The van der Waals surface area contributed by atoms with E-state index in [9.17, 15) is 24.3 Å². The van der Waals surface area contributed by atoms with Gasteiger partial charge in [-0.2, -0.15) is 0 Å². The molecule has 0 saturated heterocycles. The number of carbonyl (C=O) groups excluding carboxylic acids is 3. The van der Waals surface area contributed by atoms with E-state index in [1.54, 1.807) is 24.3 Å². The predicted molar refractivity (Wildman–Crippen MR) is 200 cm³/mol. The number of allylic oxidation sites excluding steroid dienone is 14. The number of hydrogen-bond donors (Lipinski definition) is 1. The summed E-state index contributed by atoms with van der Waals surface area (Å²) in [5.74, 6) is -3.75. The minimum atomic E-state index is -1.20. The third-order valence-electron chi connectivity index (χ3n) is 10.6. The summed E-state index contributed by atoms with van der Waals surface area (Å²) in [4.78, 5) is 71.0. The highest BCUT2D eigenvalue weighted by molar-refractivity contribution is 6.21. The fraction of sp³-hybridized carbons (Fsp3) is 0.317. The Morgan fingerprint density at radius 1 is 0.755 bits per heavy atom. The van der Waals surface area contributed by atoms with E-state index in [-0.39, 0.29) is 30.8 Å². The molecule has 2 atom stereocenters. The molecule has 53 heavy (non-hydrogen) atoms. The fourth-order valence-electron chi connectivity index (χ4n) is 7.53. The molecular formula is C41H40N4O8. The number of nitrogens with zero attached hydrogens (tertiary/aromatic N) is 4. The van der Waals surface area contributed by atoms with Crippen LogP contribution in [0.1, 0.15) is 53.4 Å². The standard InChI is InChI=1S/C41H40N4O8/c1-9-23-20(2)29-17-34-27-13-10-26(39(49)52-7)38(40(50)53-8)41(27,5)35(45-34)19-30-22(4)25(12-15-37(48)51-6)33(44-30)18-32-24(11-14-36(46)47)21(3)28(43-32)16-31(23)42-29/h9-10,13,16-19,38H,1,11-12,14-15H2,2-8H3,(H,46,47)/t38-,41+/m0/s1. The summed E-state index contributed by atoms with van der Waals surface area (Å²) in [6.07, 6.45) is 12.9. The molecule has 12 nitrogen and oxygen atoms in total. The number of rotatable bonds is 9. The Kier molecular flexibility index (Phi) is 9.83. The van der Waals surface area contributed by atoms with Crippen LogP contribution >= 0.6 is 0 Å². The number of ether oxygens (including phenoxy) is 3. The molecule has 0 radical (unpaired) electrons. The second kappa shape index (κ2) is 14.2. The first-order valence-electron chi connectivity index (χ1n) is 17.1. The molecule has 8 bridgehead atoms. The molecule has 0 fully saturated rings. The lowest BCUT2D eigenvalue weighted by Gasteiger charge is -2.37. The highest BCUT2D eigenvalue weighted by atomic mass is 16.5. The molecule has 6 rings (SSSR count). The highest BCUT2D eigenvalue weighted by Crippen LogP contribution is 2.54. The minimum absolute atomic E-state index is 0.0895. The van der Waals surface area contributed by atoms with Crippen molar-refractivity contribution in [3.05, 3.63) is 116 Å². The Hall–Kier alpha value is -6.04. The van der Waals surface area contributed by atoms with Crippen LogP contribution in [0.5, 0.6) is 0 Å². The quantitative estimate of drug-likeness (QED) is 0.219. The number of methoxy groups -OCH3 is 3. The van der Waals surface area contributed by atoms with Crippen LogP contribution in [0.2, 0.25) is 0 Å². The molecule has 1 aliphatic carbocycles. The molecule has 0 amide bonds. The Balaban J connectivity index is 1.66. The number of aliphatic carboxylic acids is 1. The van der Waals surface area contributed by atoms with Gasteiger partial charge in [-0.1, -0.05) is 24.8 Å². The molecule has 0 aromatic rings. The van der Waals surface area contributed by atoms with Crippen LogP contribution in [0.4, 0.5) is 0 Å². The number of carbonyl (C=O) groups is 4.